The molecule has 1 aromatic heterocycles. The summed E-state index contributed by atoms with van der Waals surface area (Å²) in [6.07, 6.45) is -3.29. The van der Waals surface area contributed by atoms with Crippen LogP contribution in [-0.2, 0) is 17.7 Å². The minimum absolute atomic E-state index is 0.00756. The van der Waals surface area contributed by atoms with Crippen molar-refractivity contribution in [3.05, 3.63) is 17.5 Å². The van der Waals surface area contributed by atoms with Gasteiger partial charge in [0.15, 0.2) is 0 Å². The first-order chi connectivity index (χ1) is 9.35. The number of nitrogens with zero attached hydrogens (tertiary/aromatic N) is 2. The first-order valence-corrected chi connectivity index (χ1v) is 6.49. The average molecular weight is 294 g/mol. The lowest BCUT2D eigenvalue weighted by Crippen LogP contribution is -2.38. The van der Waals surface area contributed by atoms with Crippen molar-refractivity contribution in [2.45, 2.75) is 45.5 Å². The van der Waals surface area contributed by atoms with Crippen molar-refractivity contribution in [2.75, 3.05) is 13.2 Å². The molecule has 0 radical (unpaired) electrons. The molecule has 8 heteroatoms. The zero-order valence-electron chi connectivity index (χ0n) is 11.7. The van der Waals surface area contributed by atoms with E-state index in [1.165, 1.54) is 0 Å². The van der Waals surface area contributed by atoms with Crippen molar-refractivity contribution in [3.63, 3.8) is 0 Å². The second kappa shape index (κ2) is 7.61. The van der Waals surface area contributed by atoms with E-state index in [2.05, 4.69) is 15.3 Å². The predicted molar refractivity (Wildman–Crippen MR) is 68.9 cm³/mol. The van der Waals surface area contributed by atoms with Gasteiger partial charge in [0.2, 0.25) is 0 Å². The van der Waals surface area contributed by atoms with Crippen molar-refractivity contribution in [3.8, 4) is 0 Å². The molecule has 1 heterocycles. The number of aryl methyl sites for hydroxylation is 2. The first kappa shape index (κ1) is 16.9. The van der Waals surface area contributed by atoms with E-state index in [0.717, 1.165) is 17.9 Å². The van der Waals surface area contributed by atoms with Gasteiger partial charge in [0.25, 0.3) is 0 Å². The van der Waals surface area contributed by atoms with Gasteiger partial charge in [-0.2, -0.15) is 18.3 Å². The van der Waals surface area contributed by atoms with E-state index in [0.29, 0.717) is 12.8 Å². The number of nitrogens with one attached hydrogen (secondary N) is 1. The molecule has 0 aliphatic carbocycles. The Hall–Kier alpha value is -1.12. The first-order valence-electron chi connectivity index (χ1n) is 6.49. The summed E-state index contributed by atoms with van der Waals surface area (Å²) in [5, 5.41) is 4.31. The lowest BCUT2D eigenvalue weighted by Gasteiger charge is -2.16. The largest absolute Gasteiger partial charge is 0.411 e. The molecule has 0 aromatic carbocycles. The van der Waals surface area contributed by atoms with Crippen LogP contribution in [0.2, 0.25) is 0 Å². The highest BCUT2D eigenvalue weighted by molar-refractivity contribution is 5.10. The van der Waals surface area contributed by atoms with Crippen LogP contribution >= 0.6 is 0 Å². The Morgan fingerprint density at radius 3 is 2.75 bits per heavy atom. The molecule has 1 atom stereocenters. The fourth-order valence-corrected chi connectivity index (χ4v) is 1.95. The smallest absolute Gasteiger partial charge is 0.372 e. The number of halogens is 3. The van der Waals surface area contributed by atoms with Gasteiger partial charge in [-0.3, -0.25) is 16.0 Å². The zero-order valence-corrected chi connectivity index (χ0v) is 11.7. The Morgan fingerprint density at radius 1 is 1.50 bits per heavy atom. The highest BCUT2D eigenvalue weighted by Crippen LogP contribution is 2.15. The van der Waals surface area contributed by atoms with Gasteiger partial charge in [-0.25, -0.2) is 0 Å². The minimum Gasteiger partial charge on any atom is -0.372 e. The van der Waals surface area contributed by atoms with E-state index >= 15 is 0 Å². The third kappa shape index (κ3) is 5.89. The van der Waals surface area contributed by atoms with Crippen LogP contribution in [0.4, 0.5) is 13.2 Å². The number of alkyl halides is 3. The van der Waals surface area contributed by atoms with Gasteiger partial charge in [-0.15, -0.1) is 0 Å². The molecule has 20 heavy (non-hydrogen) atoms. The second-order valence-corrected chi connectivity index (χ2v) is 4.62. The summed E-state index contributed by atoms with van der Waals surface area (Å²) in [5.74, 6) is 5.43. The van der Waals surface area contributed by atoms with Crippen LogP contribution in [0.25, 0.3) is 0 Å². The third-order valence-corrected chi connectivity index (χ3v) is 2.85. The summed E-state index contributed by atoms with van der Waals surface area (Å²) in [5.41, 5.74) is 4.52. The lowest BCUT2D eigenvalue weighted by atomic mass is 10.1. The number of hydrogen-bond donors (Lipinski definition) is 2. The highest BCUT2D eigenvalue weighted by atomic mass is 19.4. The Morgan fingerprint density at radius 2 is 2.20 bits per heavy atom. The molecular formula is C12H21F3N4O. The van der Waals surface area contributed by atoms with E-state index in [1.54, 1.807) is 0 Å². The zero-order chi connectivity index (χ0) is 15.2. The van der Waals surface area contributed by atoms with Gasteiger partial charge in [0.1, 0.15) is 6.61 Å². The summed E-state index contributed by atoms with van der Waals surface area (Å²) < 4.78 is 42.2. The Kier molecular flexibility index (Phi) is 6.44. The molecular weight excluding hydrogens is 273 g/mol. The van der Waals surface area contributed by atoms with E-state index in [-0.39, 0.29) is 12.6 Å². The standard InChI is InChI=1S/C12H21F3N4O/c1-3-19-11(6-9(2)18-19)7-10(17-16)4-5-20-8-12(13,14)15/h6,10,17H,3-5,7-8,16H2,1-2H3. The van der Waals surface area contributed by atoms with Crippen molar-refractivity contribution >= 4 is 0 Å². The Bertz CT molecular complexity index is 406. The van der Waals surface area contributed by atoms with Crippen LogP contribution < -0.4 is 11.3 Å². The Balaban J connectivity index is 2.42. The molecule has 0 amide bonds. The summed E-state index contributed by atoms with van der Waals surface area (Å²) >= 11 is 0. The lowest BCUT2D eigenvalue weighted by molar-refractivity contribution is -0.174. The molecule has 0 bridgehead atoms. The molecule has 5 nitrogen and oxygen atoms in total. The monoisotopic (exact) mass is 294 g/mol. The van der Waals surface area contributed by atoms with Crippen molar-refractivity contribution < 1.29 is 17.9 Å². The van der Waals surface area contributed by atoms with E-state index in [9.17, 15) is 13.2 Å². The van der Waals surface area contributed by atoms with Gasteiger partial charge >= 0.3 is 6.18 Å². The predicted octanol–water partition coefficient (Wildman–Crippen LogP) is 1.55. The molecule has 0 spiro atoms. The van der Waals surface area contributed by atoms with Gasteiger partial charge in [0.05, 0.1) is 5.69 Å². The van der Waals surface area contributed by atoms with Crippen LogP contribution in [0.15, 0.2) is 6.07 Å². The molecule has 0 aliphatic heterocycles. The number of hydrogen-bond acceptors (Lipinski definition) is 4. The average Bonchev–Trinajstić information content (AvgIpc) is 2.72. The van der Waals surface area contributed by atoms with Gasteiger partial charge in [-0.05, 0) is 26.3 Å². The van der Waals surface area contributed by atoms with Crippen molar-refractivity contribution in [1.82, 2.24) is 15.2 Å². The maximum atomic E-state index is 11.9. The molecule has 1 aromatic rings. The third-order valence-electron chi connectivity index (χ3n) is 2.85. The number of ether oxygens (including phenoxy) is 1. The molecule has 1 rings (SSSR count). The van der Waals surface area contributed by atoms with E-state index < -0.39 is 12.8 Å². The SMILES string of the molecule is CCn1nc(C)cc1CC(CCOCC(F)(F)F)NN. The highest BCUT2D eigenvalue weighted by Gasteiger charge is 2.27. The van der Waals surface area contributed by atoms with Crippen molar-refractivity contribution in [1.29, 1.82) is 0 Å². The van der Waals surface area contributed by atoms with Crippen LogP contribution in [0.5, 0.6) is 0 Å². The number of hydrazine groups is 1. The van der Waals surface area contributed by atoms with Crippen LogP contribution in [-0.4, -0.2) is 35.2 Å². The summed E-state index contributed by atoms with van der Waals surface area (Å²) in [6, 6.07) is 1.80. The molecule has 0 saturated heterocycles. The number of nitrogens with two attached hydrogens (primary N) is 1. The van der Waals surface area contributed by atoms with Crippen LogP contribution in [0, 0.1) is 6.92 Å². The molecule has 116 valence electrons. The topological polar surface area (TPSA) is 65.1 Å². The van der Waals surface area contributed by atoms with Gasteiger partial charge in [-0.1, -0.05) is 0 Å². The quantitative estimate of drug-likeness (QED) is 0.434. The molecule has 1 unspecified atom stereocenters. The normalized spacial score (nSPS) is 13.7. The van der Waals surface area contributed by atoms with Crippen molar-refractivity contribution in [2.24, 2.45) is 5.84 Å². The maximum absolute atomic E-state index is 11.9. The second-order valence-electron chi connectivity index (χ2n) is 4.62. The number of aromatic nitrogens is 2. The molecule has 3 N–H and O–H groups in total. The minimum atomic E-state index is -4.29. The summed E-state index contributed by atoms with van der Waals surface area (Å²) in [6.45, 7) is 3.40. The summed E-state index contributed by atoms with van der Waals surface area (Å²) in [4.78, 5) is 0. The fourth-order valence-electron chi connectivity index (χ4n) is 1.95. The molecule has 0 saturated carbocycles. The van der Waals surface area contributed by atoms with Gasteiger partial charge in [0, 0.05) is 31.3 Å². The van der Waals surface area contributed by atoms with Crippen LogP contribution in [0.3, 0.4) is 0 Å². The van der Waals surface area contributed by atoms with Gasteiger partial charge < -0.3 is 4.74 Å². The summed E-state index contributed by atoms with van der Waals surface area (Å²) in [7, 11) is 0. The Labute approximate surface area is 116 Å². The van der Waals surface area contributed by atoms with E-state index in [1.807, 2.05) is 24.6 Å². The van der Waals surface area contributed by atoms with E-state index in [4.69, 9.17) is 5.84 Å². The molecule has 0 aliphatic rings. The maximum Gasteiger partial charge on any atom is 0.411 e. The fraction of sp³-hybridized carbons (Fsp3) is 0.750. The number of rotatable bonds is 8. The molecule has 0 fully saturated rings. The van der Waals surface area contributed by atoms with Crippen LogP contribution in [0.1, 0.15) is 24.7 Å².